The van der Waals surface area contributed by atoms with Crippen LogP contribution in [0.15, 0.2) is 54.6 Å². The number of ether oxygens (including phenoxy) is 2. The molecule has 1 aliphatic carbocycles. The van der Waals surface area contributed by atoms with Crippen LogP contribution in [0, 0.1) is 0 Å². The monoisotopic (exact) mass is 521 g/mol. The van der Waals surface area contributed by atoms with Gasteiger partial charge in [0.05, 0.1) is 31.3 Å². The standard InChI is InChI=1S/C30H39N3O5/c1-4-38-27(35)23-18-30(24-13-9-8-12-22(23)24)14-16-33(17-15-30)26(34)25(32-28(36)29(2,3)31)20-37-19-21-10-6-5-7-11-21/h5-13,23,25H,4,14-20,31H2,1-3H3,(H,32,36)/t23-,25+/m0/s1. The van der Waals surface area contributed by atoms with Crippen LogP contribution in [-0.4, -0.2) is 60.6 Å². The highest BCUT2D eigenvalue weighted by molar-refractivity contribution is 5.91. The second-order valence-corrected chi connectivity index (χ2v) is 11.0. The van der Waals surface area contributed by atoms with E-state index < -0.39 is 17.5 Å². The first-order valence-electron chi connectivity index (χ1n) is 13.4. The molecule has 38 heavy (non-hydrogen) atoms. The molecule has 0 unspecified atom stereocenters. The van der Waals surface area contributed by atoms with Crippen molar-refractivity contribution in [1.82, 2.24) is 10.2 Å². The van der Waals surface area contributed by atoms with Crippen LogP contribution in [0.25, 0.3) is 0 Å². The lowest BCUT2D eigenvalue weighted by molar-refractivity contribution is -0.145. The zero-order valence-corrected chi connectivity index (χ0v) is 22.6. The molecule has 2 atom stereocenters. The molecule has 1 heterocycles. The van der Waals surface area contributed by atoms with Crippen LogP contribution in [-0.2, 0) is 35.9 Å². The van der Waals surface area contributed by atoms with Crippen molar-refractivity contribution in [2.24, 2.45) is 5.73 Å². The number of benzene rings is 2. The topological polar surface area (TPSA) is 111 Å². The van der Waals surface area contributed by atoms with E-state index in [0.29, 0.717) is 32.7 Å². The number of nitrogens with zero attached hydrogens (tertiary/aromatic N) is 1. The van der Waals surface area contributed by atoms with Crippen LogP contribution in [0.4, 0.5) is 0 Å². The van der Waals surface area contributed by atoms with Gasteiger partial charge in [0, 0.05) is 18.5 Å². The number of nitrogens with one attached hydrogen (secondary N) is 1. The van der Waals surface area contributed by atoms with Gasteiger partial charge in [0.1, 0.15) is 6.04 Å². The van der Waals surface area contributed by atoms with Gasteiger partial charge in [-0.3, -0.25) is 14.4 Å². The summed E-state index contributed by atoms with van der Waals surface area (Å²) >= 11 is 0. The van der Waals surface area contributed by atoms with Crippen molar-refractivity contribution in [3.63, 3.8) is 0 Å². The number of hydrogen-bond donors (Lipinski definition) is 2. The number of likely N-dealkylation sites (tertiary alicyclic amines) is 1. The molecule has 1 fully saturated rings. The lowest BCUT2D eigenvalue weighted by Crippen LogP contribution is -2.59. The lowest BCUT2D eigenvalue weighted by Gasteiger charge is -2.41. The number of piperidine rings is 1. The summed E-state index contributed by atoms with van der Waals surface area (Å²) in [6.07, 6.45) is 2.16. The molecule has 2 amide bonds. The van der Waals surface area contributed by atoms with E-state index in [1.165, 1.54) is 5.56 Å². The first-order chi connectivity index (χ1) is 18.1. The number of rotatable bonds is 9. The number of carbonyl (C=O) groups excluding carboxylic acids is 3. The van der Waals surface area contributed by atoms with Crippen molar-refractivity contribution in [1.29, 1.82) is 0 Å². The predicted octanol–water partition coefficient (Wildman–Crippen LogP) is 3.04. The molecule has 0 bridgehead atoms. The number of esters is 1. The molecular formula is C30H39N3O5. The highest BCUT2D eigenvalue weighted by atomic mass is 16.5. The van der Waals surface area contributed by atoms with E-state index in [0.717, 1.165) is 24.0 Å². The molecule has 1 spiro atoms. The molecule has 2 aromatic rings. The minimum Gasteiger partial charge on any atom is -0.466 e. The zero-order valence-electron chi connectivity index (χ0n) is 22.6. The zero-order chi connectivity index (χ0) is 27.3. The summed E-state index contributed by atoms with van der Waals surface area (Å²) in [6, 6.07) is 16.9. The Bertz CT molecular complexity index is 1140. The Kier molecular flexibility index (Phi) is 8.53. The Balaban J connectivity index is 1.45. The summed E-state index contributed by atoms with van der Waals surface area (Å²) < 4.78 is 11.2. The summed E-state index contributed by atoms with van der Waals surface area (Å²) in [5.41, 5.74) is 7.90. The van der Waals surface area contributed by atoms with E-state index in [9.17, 15) is 14.4 Å². The third-order valence-corrected chi connectivity index (χ3v) is 7.69. The Morgan fingerprint density at radius 3 is 2.39 bits per heavy atom. The van der Waals surface area contributed by atoms with Crippen LogP contribution in [0.1, 0.15) is 62.6 Å². The molecule has 0 saturated carbocycles. The van der Waals surface area contributed by atoms with Gasteiger partial charge >= 0.3 is 5.97 Å². The first-order valence-corrected chi connectivity index (χ1v) is 13.4. The average molecular weight is 522 g/mol. The SMILES string of the molecule is CCOC(=O)[C@H]1CC2(CCN(C(=O)[C@@H](COCc3ccccc3)NC(=O)C(C)(C)N)CC2)c2ccccc21. The average Bonchev–Trinajstić information content (AvgIpc) is 3.22. The molecule has 0 radical (unpaired) electrons. The fourth-order valence-electron chi connectivity index (χ4n) is 5.58. The van der Waals surface area contributed by atoms with E-state index in [1.807, 2.05) is 55.5 Å². The maximum Gasteiger partial charge on any atom is 0.313 e. The number of fused-ring (bicyclic) bond motifs is 2. The van der Waals surface area contributed by atoms with E-state index in [-0.39, 0.29) is 29.8 Å². The molecule has 2 aliphatic rings. The molecule has 8 nitrogen and oxygen atoms in total. The summed E-state index contributed by atoms with van der Waals surface area (Å²) in [6.45, 7) is 6.83. The van der Waals surface area contributed by atoms with Gasteiger partial charge in [-0.1, -0.05) is 54.6 Å². The molecule has 1 saturated heterocycles. The van der Waals surface area contributed by atoms with Crippen molar-refractivity contribution in [3.8, 4) is 0 Å². The molecule has 1 aliphatic heterocycles. The number of nitrogens with two attached hydrogens (primary N) is 1. The molecular weight excluding hydrogens is 482 g/mol. The van der Waals surface area contributed by atoms with Crippen molar-refractivity contribution in [3.05, 3.63) is 71.3 Å². The number of hydrogen-bond acceptors (Lipinski definition) is 6. The molecule has 4 rings (SSSR count). The van der Waals surface area contributed by atoms with E-state index in [2.05, 4.69) is 11.4 Å². The second kappa shape index (κ2) is 11.7. The third kappa shape index (κ3) is 6.08. The third-order valence-electron chi connectivity index (χ3n) is 7.69. The van der Waals surface area contributed by atoms with Crippen molar-refractivity contribution in [2.45, 2.75) is 69.6 Å². The second-order valence-electron chi connectivity index (χ2n) is 11.0. The highest BCUT2D eigenvalue weighted by Crippen LogP contribution is 2.52. The maximum atomic E-state index is 13.6. The Morgan fingerprint density at radius 2 is 1.74 bits per heavy atom. The minimum absolute atomic E-state index is 0.0466. The van der Waals surface area contributed by atoms with Gasteiger partial charge in [-0.15, -0.1) is 0 Å². The molecule has 2 aromatic carbocycles. The van der Waals surface area contributed by atoms with E-state index in [1.54, 1.807) is 18.7 Å². The van der Waals surface area contributed by atoms with E-state index >= 15 is 0 Å². The van der Waals surface area contributed by atoms with Gasteiger partial charge in [-0.2, -0.15) is 0 Å². The van der Waals surface area contributed by atoms with E-state index in [4.69, 9.17) is 15.2 Å². The summed E-state index contributed by atoms with van der Waals surface area (Å²) in [4.78, 5) is 40.8. The van der Waals surface area contributed by atoms with Gasteiger partial charge in [0.2, 0.25) is 11.8 Å². The van der Waals surface area contributed by atoms with Crippen LogP contribution in [0.3, 0.4) is 0 Å². The van der Waals surface area contributed by atoms with Crippen molar-refractivity contribution in [2.75, 3.05) is 26.3 Å². The molecule has 204 valence electrons. The Labute approximate surface area is 224 Å². The Morgan fingerprint density at radius 1 is 1.08 bits per heavy atom. The number of carbonyl (C=O) groups is 3. The Hall–Kier alpha value is -3.23. The predicted molar refractivity (Wildman–Crippen MR) is 144 cm³/mol. The largest absolute Gasteiger partial charge is 0.466 e. The maximum absolute atomic E-state index is 13.6. The highest BCUT2D eigenvalue weighted by Gasteiger charge is 2.48. The molecule has 0 aromatic heterocycles. The molecule has 3 N–H and O–H groups in total. The summed E-state index contributed by atoms with van der Waals surface area (Å²) in [5, 5.41) is 2.81. The van der Waals surface area contributed by atoms with Crippen LogP contribution in [0.5, 0.6) is 0 Å². The number of amides is 2. The van der Waals surface area contributed by atoms with Gasteiger partial charge in [0.15, 0.2) is 0 Å². The normalized spacial score (nSPS) is 19.1. The minimum atomic E-state index is -1.13. The van der Waals surface area contributed by atoms with Crippen molar-refractivity contribution < 1.29 is 23.9 Å². The fourth-order valence-corrected chi connectivity index (χ4v) is 5.58. The van der Waals surface area contributed by atoms with Crippen LogP contribution >= 0.6 is 0 Å². The smallest absolute Gasteiger partial charge is 0.313 e. The summed E-state index contributed by atoms with van der Waals surface area (Å²) in [7, 11) is 0. The fraction of sp³-hybridized carbons (Fsp3) is 0.500. The van der Waals surface area contributed by atoms with Gasteiger partial charge in [0.25, 0.3) is 0 Å². The van der Waals surface area contributed by atoms with Crippen molar-refractivity contribution >= 4 is 17.8 Å². The molecule has 8 heteroatoms. The first kappa shape index (κ1) is 27.8. The van der Waals surface area contributed by atoms with Crippen LogP contribution < -0.4 is 11.1 Å². The van der Waals surface area contributed by atoms with Gasteiger partial charge in [-0.05, 0) is 56.7 Å². The lowest BCUT2D eigenvalue weighted by atomic mass is 9.73. The van der Waals surface area contributed by atoms with Gasteiger partial charge in [-0.25, -0.2) is 0 Å². The van der Waals surface area contributed by atoms with Crippen LogP contribution in [0.2, 0.25) is 0 Å². The summed E-state index contributed by atoms with van der Waals surface area (Å²) in [5.74, 6) is -1.05. The quantitative estimate of drug-likeness (QED) is 0.491. The van der Waals surface area contributed by atoms with Gasteiger partial charge < -0.3 is 25.4 Å².